The number of nitrogens with one attached hydrogen (secondary N) is 1. The van der Waals surface area contributed by atoms with E-state index in [2.05, 4.69) is 21.6 Å². The van der Waals surface area contributed by atoms with E-state index in [-0.39, 0.29) is 17.2 Å². The van der Waals surface area contributed by atoms with Gasteiger partial charge in [0.15, 0.2) is 5.16 Å². The van der Waals surface area contributed by atoms with Crippen molar-refractivity contribution in [2.24, 2.45) is 0 Å². The van der Waals surface area contributed by atoms with E-state index in [1.54, 1.807) is 22.8 Å². The Morgan fingerprint density at radius 1 is 1.03 bits per heavy atom. The molecule has 0 saturated heterocycles. The Labute approximate surface area is 204 Å². The number of thioether (sulfide) groups is 1. The first-order valence-corrected chi connectivity index (χ1v) is 11.9. The topological polar surface area (TPSA) is 105 Å². The Kier molecular flexibility index (Phi) is 6.04. The van der Waals surface area contributed by atoms with Crippen LogP contribution in [0.2, 0.25) is 0 Å². The van der Waals surface area contributed by atoms with Gasteiger partial charge in [0, 0.05) is 5.69 Å². The van der Waals surface area contributed by atoms with Crippen LogP contribution in [0.5, 0.6) is 0 Å². The molecular formula is C26H20N6O2S. The number of rotatable bonds is 6. The molecule has 35 heavy (non-hydrogen) atoms. The van der Waals surface area contributed by atoms with Crippen LogP contribution in [-0.4, -0.2) is 30.8 Å². The lowest BCUT2D eigenvalue weighted by atomic mass is 10.1. The lowest BCUT2D eigenvalue weighted by Crippen LogP contribution is -2.22. The molecule has 2 heterocycles. The summed E-state index contributed by atoms with van der Waals surface area (Å²) in [6.45, 7) is 1.99. The van der Waals surface area contributed by atoms with Crippen molar-refractivity contribution in [2.45, 2.75) is 18.5 Å². The van der Waals surface area contributed by atoms with Gasteiger partial charge in [-0.3, -0.25) is 14.0 Å². The van der Waals surface area contributed by atoms with Crippen molar-refractivity contribution >= 4 is 40.0 Å². The molecule has 0 radical (unpaired) electrons. The van der Waals surface area contributed by atoms with Gasteiger partial charge in [-0.1, -0.05) is 53.7 Å². The molecule has 1 N–H and O–H groups in total. The summed E-state index contributed by atoms with van der Waals surface area (Å²) in [7, 11) is 0. The molecule has 3 aromatic carbocycles. The lowest BCUT2D eigenvalue weighted by Gasteiger charge is -2.11. The summed E-state index contributed by atoms with van der Waals surface area (Å²) in [5.74, 6) is 0.295. The van der Waals surface area contributed by atoms with Crippen molar-refractivity contribution in [2.75, 3.05) is 11.1 Å². The maximum atomic E-state index is 13.4. The monoisotopic (exact) mass is 480 g/mol. The smallest absolute Gasteiger partial charge is 0.267 e. The number of hydrogen-bond acceptors (Lipinski definition) is 6. The Balaban J connectivity index is 1.47. The molecule has 0 bridgehead atoms. The first kappa shape index (κ1) is 22.4. The molecule has 8 nitrogen and oxygen atoms in total. The summed E-state index contributed by atoms with van der Waals surface area (Å²) in [5.41, 5.74) is 3.82. The third-order valence-corrected chi connectivity index (χ3v) is 6.47. The van der Waals surface area contributed by atoms with Gasteiger partial charge >= 0.3 is 0 Å². The number of nitrogens with zero attached hydrogens (tertiary/aromatic N) is 5. The van der Waals surface area contributed by atoms with Gasteiger partial charge in [-0.2, -0.15) is 5.26 Å². The fraction of sp³-hybridized carbons (Fsp3) is 0.115. The standard InChI is InChI=1S/C26H20N6O2S/c1-17-6-12-20(13-7-17)31-24(34)21-4-2-3-5-22(21)32-25(31)29-30-26(32)35-16-23(33)28-19-10-8-18(9-11-19)14-15-27/h2-13H,14,16H2,1H3,(H,28,33). The highest BCUT2D eigenvalue weighted by Gasteiger charge is 2.18. The van der Waals surface area contributed by atoms with Crippen molar-refractivity contribution in [3.63, 3.8) is 0 Å². The van der Waals surface area contributed by atoms with Crippen LogP contribution in [0, 0.1) is 18.3 Å². The van der Waals surface area contributed by atoms with Crippen LogP contribution < -0.4 is 10.9 Å². The predicted molar refractivity (Wildman–Crippen MR) is 136 cm³/mol. The van der Waals surface area contributed by atoms with E-state index in [0.29, 0.717) is 39.6 Å². The fourth-order valence-corrected chi connectivity index (χ4v) is 4.56. The Morgan fingerprint density at radius 2 is 1.77 bits per heavy atom. The number of carbonyl (C=O) groups is 1. The van der Waals surface area contributed by atoms with E-state index in [4.69, 9.17) is 5.26 Å². The van der Waals surface area contributed by atoms with Gasteiger partial charge in [-0.05, 0) is 48.9 Å². The maximum Gasteiger partial charge on any atom is 0.267 e. The quantitative estimate of drug-likeness (QED) is 0.366. The van der Waals surface area contributed by atoms with Crippen LogP contribution in [0.3, 0.4) is 0 Å². The number of para-hydroxylation sites is 1. The van der Waals surface area contributed by atoms with Crippen LogP contribution in [0.15, 0.2) is 82.7 Å². The zero-order chi connectivity index (χ0) is 24.4. The second-order valence-electron chi connectivity index (χ2n) is 7.98. The van der Waals surface area contributed by atoms with Crippen LogP contribution >= 0.6 is 11.8 Å². The van der Waals surface area contributed by atoms with Crippen molar-refractivity contribution < 1.29 is 4.79 Å². The molecule has 1 amide bonds. The number of amides is 1. The highest BCUT2D eigenvalue weighted by molar-refractivity contribution is 7.99. The Morgan fingerprint density at radius 3 is 2.51 bits per heavy atom. The summed E-state index contributed by atoms with van der Waals surface area (Å²) in [6.07, 6.45) is 0.325. The number of benzene rings is 3. The lowest BCUT2D eigenvalue weighted by molar-refractivity contribution is -0.113. The number of nitriles is 1. The van der Waals surface area contributed by atoms with Gasteiger partial charge in [-0.15, -0.1) is 10.2 Å². The van der Waals surface area contributed by atoms with Gasteiger partial charge in [0.2, 0.25) is 11.7 Å². The van der Waals surface area contributed by atoms with Gasteiger partial charge < -0.3 is 5.32 Å². The predicted octanol–water partition coefficient (Wildman–Crippen LogP) is 4.14. The van der Waals surface area contributed by atoms with Gasteiger partial charge in [0.05, 0.1) is 34.8 Å². The third kappa shape index (κ3) is 4.39. The average Bonchev–Trinajstić information content (AvgIpc) is 3.29. The number of aryl methyl sites for hydroxylation is 1. The van der Waals surface area contributed by atoms with Crippen LogP contribution in [0.25, 0.3) is 22.4 Å². The zero-order valence-electron chi connectivity index (χ0n) is 18.8. The highest BCUT2D eigenvalue weighted by Crippen LogP contribution is 2.23. The minimum absolute atomic E-state index is 0.110. The van der Waals surface area contributed by atoms with E-state index in [1.807, 2.05) is 65.9 Å². The Hall–Kier alpha value is -4.42. The molecule has 0 fully saturated rings. The van der Waals surface area contributed by atoms with E-state index >= 15 is 0 Å². The number of fused-ring (bicyclic) bond motifs is 3. The number of hydrogen-bond donors (Lipinski definition) is 1. The molecule has 0 spiro atoms. The molecule has 0 saturated carbocycles. The molecule has 0 atom stereocenters. The van der Waals surface area contributed by atoms with E-state index < -0.39 is 0 Å². The molecule has 172 valence electrons. The fourth-order valence-electron chi connectivity index (χ4n) is 3.82. The summed E-state index contributed by atoms with van der Waals surface area (Å²) in [5, 5.41) is 21.3. The maximum absolute atomic E-state index is 13.4. The first-order valence-electron chi connectivity index (χ1n) is 10.9. The molecule has 5 aromatic rings. The number of anilines is 1. The van der Waals surface area contributed by atoms with Gasteiger partial charge in [-0.25, -0.2) is 4.57 Å². The second kappa shape index (κ2) is 9.44. The van der Waals surface area contributed by atoms with E-state index in [0.717, 1.165) is 11.1 Å². The van der Waals surface area contributed by atoms with Crippen LogP contribution in [0.4, 0.5) is 5.69 Å². The summed E-state index contributed by atoms with van der Waals surface area (Å²) in [4.78, 5) is 26.0. The van der Waals surface area contributed by atoms with Crippen molar-refractivity contribution in [3.8, 4) is 11.8 Å². The van der Waals surface area contributed by atoms with E-state index in [1.165, 1.54) is 11.8 Å². The summed E-state index contributed by atoms with van der Waals surface area (Å²) >= 11 is 1.24. The molecular weight excluding hydrogens is 460 g/mol. The van der Waals surface area contributed by atoms with Gasteiger partial charge in [0.25, 0.3) is 5.56 Å². The first-order chi connectivity index (χ1) is 17.0. The molecule has 0 unspecified atom stereocenters. The normalized spacial score (nSPS) is 11.0. The van der Waals surface area contributed by atoms with Crippen molar-refractivity contribution in [1.82, 2.24) is 19.2 Å². The molecule has 0 aliphatic heterocycles. The highest BCUT2D eigenvalue weighted by atomic mass is 32.2. The second-order valence-corrected chi connectivity index (χ2v) is 8.92. The van der Waals surface area contributed by atoms with Crippen LogP contribution in [0.1, 0.15) is 11.1 Å². The number of carbonyl (C=O) groups excluding carboxylic acids is 1. The Bertz CT molecular complexity index is 1650. The van der Waals surface area contributed by atoms with Crippen molar-refractivity contribution in [1.29, 1.82) is 5.26 Å². The summed E-state index contributed by atoms with van der Waals surface area (Å²) in [6, 6.07) is 24.2. The largest absolute Gasteiger partial charge is 0.325 e. The minimum atomic E-state index is -0.198. The molecule has 9 heteroatoms. The third-order valence-electron chi connectivity index (χ3n) is 5.54. The molecule has 0 aliphatic carbocycles. The van der Waals surface area contributed by atoms with Crippen LogP contribution in [-0.2, 0) is 11.2 Å². The average molecular weight is 481 g/mol. The van der Waals surface area contributed by atoms with E-state index in [9.17, 15) is 9.59 Å². The summed E-state index contributed by atoms with van der Waals surface area (Å²) < 4.78 is 3.35. The molecule has 2 aromatic heterocycles. The minimum Gasteiger partial charge on any atom is -0.325 e. The zero-order valence-corrected chi connectivity index (χ0v) is 19.6. The number of aromatic nitrogens is 4. The van der Waals surface area contributed by atoms with Crippen molar-refractivity contribution in [3.05, 3.63) is 94.3 Å². The molecule has 0 aliphatic rings. The SMILES string of the molecule is Cc1ccc(-n2c(=O)c3ccccc3n3c(SCC(=O)Nc4ccc(CC#N)cc4)nnc23)cc1. The molecule has 5 rings (SSSR count). The van der Waals surface area contributed by atoms with Gasteiger partial charge in [0.1, 0.15) is 0 Å².